The molecule has 0 saturated carbocycles. The molecule has 0 amide bonds. The molecule has 0 spiro atoms. The molecule has 124 valence electrons. The summed E-state index contributed by atoms with van der Waals surface area (Å²) in [5.74, 6) is 0.850. The third-order valence-electron chi connectivity index (χ3n) is 4.28. The predicted molar refractivity (Wildman–Crippen MR) is 96.5 cm³/mol. The van der Waals surface area contributed by atoms with Crippen LogP contribution in [0.2, 0.25) is 0 Å². The first-order valence-electron chi connectivity index (χ1n) is 7.85. The highest BCUT2D eigenvalue weighted by atomic mass is 32.2. The second-order valence-corrected chi connectivity index (χ2v) is 7.89. The van der Waals surface area contributed by atoms with Crippen LogP contribution in [0.5, 0.6) is 0 Å². The molecule has 0 fully saturated rings. The number of nitrogens with zero attached hydrogens (tertiary/aromatic N) is 3. The summed E-state index contributed by atoms with van der Waals surface area (Å²) in [7, 11) is -3.49. The third kappa shape index (κ3) is 2.75. The average molecular weight is 350 g/mol. The number of fused-ring (bicyclic) bond motifs is 1. The minimum Gasteiger partial charge on any atom is -0.219 e. The molecule has 6 heteroatoms. The number of hydrogen-bond donors (Lipinski definition) is 0. The van der Waals surface area contributed by atoms with Crippen LogP contribution in [0.15, 0.2) is 99.0 Å². The summed E-state index contributed by atoms with van der Waals surface area (Å²) in [5.41, 5.74) is 1.01. The van der Waals surface area contributed by atoms with Gasteiger partial charge in [0.1, 0.15) is 12.7 Å². The van der Waals surface area contributed by atoms with Gasteiger partial charge in [-0.2, -0.15) is 4.48 Å². The van der Waals surface area contributed by atoms with E-state index in [1.165, 1.54) is 0 Å². The monoisotopic (exact) mass is 350 g/mol. The van der Waals surface area contributed by atoms with Crippen LogP contribution >= 0.6 is 0 Å². The zero-order valence-corrected chi connectivity index (χ0v) is 14.2. The SMILES string of the molecule is O=S(=O)(c1ccccc1)c1ccc(C[N+]23C=CC=CC2=NN=C3)cc1. The summed E-state index contributed by atoms with van der Waals surface area (Å²) in [5, 5.41) is 8.18. The summed E-state index contributed by atoms with van der Waals surface area (Å²) in [6.45, 7) is 0.634. The molecular formula is C19H16N3O2S+. The zero-order chi connectivity index (χ0) is 17.3. The maximum absolute atomic E-state index is 12.7. The van der Waals surface area contributed by atoms with Gasteiger partial charge < -0.3 is 0 Å². The summed E-state index contributed by atoms with van der Waals surface area (Å²) >= 11 is 0. The molecule has 0 bridgehead atoms. The molecule has 25 heavy (non-hydrogen) atoms. The van der Waals surface area contributed by atoms with Crippen molar-refractivity contribution in [3.8, 4) is 0 Å². The lowest BCUT2D eigenvalue weighted by Gasteiger charge is -2.26. The normalized spacial score (nSPS) is 21.2. The molecule has 2 aliphatic heterocycles. The van der Waals surface area contributed by atoms with E-state index in [2.05, 4.69) is 10.2 Å². The first-order valence-corrected chi connectivity index (χ1v) is 9.34. The van der Waals surface area contributed by atoms with Gasteiger partial charge in [-0.05, 0) is 36.4 Å². The van der Waals surface area contributed by atoms with Gasteiger partial charge in [-0.25, -0.2) is 8.42 Å². The number of quaternary nitrogens is 1. The molecule has 0 aliphatic carbocycles. The number of allylic oxidation sites excluding steroid dienone is 2. The van der Waals surface area contributed by atoms with Gasteiger partial charge in [0, 0.05) is 11.6 Å². The second kappa shape index (κ2) is 5.91. The number of benzene rings is 2. The Morgan fingerprint density at radius 1 is 0.880 bits per heavy atom. The highest BCUT2D eigenvalue weighted by Gasteiger charge is 2.35. The first-order chi connectivity index (χ1) is 12.1. The minimum atomic E-state index is -3.49. The van der Waals surface area contributed by atoms with Crippen molar-refractivity contribution in [1.29, 1.82) is 0 Å². The Morgan fingerprint density at radius 2 is 1.60 bits per heavy atom. The van der Waals surface area contributed by atoms with E-state index in [1.54, 1.807) is 48.8 Å². The Bertz CT molecular complexity index is 1020. The molecule has 1 unspecified atom stereocenters. The highest BCUT2D eigenvalue weighted by Crippen LogP contribution is 2.25. The minimum absolute atomic E-state index is 0.292. The summed E-state index contributed by atoms with van der Waals surface area (Å²) in [4.78, 5) is 0.593. The van der Waals surface area contributed by atoms with Gasteiger partial charge in [0.05, 0.1) is 9.79 Å². The van der Waals surface area contributed by atoms with Crippen molar-refractivity contribution in [1.82, 2.24) is 0 Å². The molecule has 5 nitrogen and oxygen atoms in total. The van der Waals surface area contributed by atoms with Crippen molar-refractivity contribution < 1.29 is 12.9 Å². The van der Waals surface area contributed by atoms with E-state index in [4.69, 9.17) is 0 Å². The highest BCUT2D eigenvalue weighted by molar-refractivity contribution is 7.91. The number of rotatable bonds is 4. The second-order valence-electron chi connectivity index (χ2n) is 5.94. The van der Waals surface area contributed by atoms with Crippen molar-refractivity contribution in [3.63, 3.8) is 0 Å². The van der Waals surface area contributed by atoms with Gasteiger partial charge in [0.2, 0.25) is 16.2 Å². The van der Waals surface area contributed by atoms with Crippen LogP contribution < -0.4 is 0 Å². The van der Waals surface area contributed by atoms with Crippen LogP contribution in [0.3, 0.4) is 0 Å². The van der Waals surface area contributed by atoms with Crippen molar-refractivity contribution >= 4 is 22.0 Å². The molecule has 2 aromatic carbocycles. The Balaban J connectivity index is 1.61. The van der Waals surface area contributed by atoms with Crippen LogP contribution in [-0.2, 0) is 16.4 Å². The molecule has 4 rings (SSSR count). The topological polar surface area (TPSA) is 58.9 Å². The van der Waals surface area contributed by atoms with Crippen LogP contribution in [0, 0.1) is 0 Å². The average Bonchev–Trinajstić information content (AvgIpc) is 3.06. The Hall–Kier alpha value is -2.83. The van der Waals surface area contributed by atoms with Crippen LogP contribution in [0.4, 0.5) is 0 Å². The van der Waals surface area contributed by atoms with E-state index in [-0.39, 0.29) is 0 Å². The summed E-state index contributed by atoms with van der Waals surface area (Å²) in [6.07, 6.45) is 9.62. The van der Waals surface area contributed by atoms with Gasteiger partial charge >= 0.3 is 0 Å². The van der Waals surface area contributed by atoms with Gasteiger partial charge in [-0.15, -0.1) is 0 Å². The molecule has 1 atom stereocenters. The summed E-state index contributed by atoms with van der Waals surface area (Å²) < 4.78 is 25.7. The number of amidine groups is 1. The molecule has 2 aliphatic rings. The van der Waals surface area contributed by atoms with E-state index in [9.17, 15) is 8.42 Å². The lowest BCUT2D eigenvalue weighted by Crippen LogP contribution is -2.44. The Morgan fingerprint density at radius 3 is 2.36 bits per heavy atom. The predicted octanol–water partition coefficient (Wildman–Crippen LogP) is 3.28. The largest absolute Gasteiger partial charge is 0.257 e. The van der Waals surface area contributed by atoms with Gasteiger partial charge in [-0.3, -0.25) is 0 Å². The van der Waals surface area contributed by atoms with Gasteiger partial charge in [-0.1, -0.05) is 40.5 Å². The fourth-order valence-electron chi connectivity index (χ4n) is 2.94. The molecular weight excluding hydrogens is 334 g/mol. The lowest BCUT2D eigenvalue weighted by molar-refractivity contribution is -0.693. The van der Waals surface area contributed by atoms with Crippen molar-refractivity contribution in [2.75, 3.05) is 0 Å². The Labute approximate surface area is 146 Å². The van der Waals surface area contributed by atoms with E-state index in [1.807, 2.05) is 36.6 Å². The van der Waals surface area contributed by atoms with Crippen molar-refractivity contribution in [2.24, 2.45) is 10.2 Å². The Kier molecular flexibility index (Phi) is 3.71. The van der Waals surface area contributed by atoms with Gasteiger partial charge in [0.25, 0.3) is 5.84 Å². The maximum Gasteiger partial charge on any atom is 0.257 e. The molecule has 0 saturated heterocycles. The van der Waals surface area contributed by atoms with Crippen molar-refractivity contribution in [2.45, 2.75) is 16.3 Å². The maximum atomic E-state index is 12.7. The molecule has 0 aromatic heterocycles. The van der Waals surface area contributed by atoms with Crippen molar-refractivity contribution in [3.05, 3.63) is 84.6 Å². The molecule has 2 aromatic rings. The summed E-state index contributed by atoms with van der Waals surface area (Å²) in [6, 6.07) is 15.5. The van der Waals surface area contributed by atoms with Crippen LogP contribution in [0.1, 0.15) is 5.56 Å². The molecule has 2 heterocycles. The standard InChI is InChI=1S/C19H16N3O2S/c23-25(24,17-6-2-1-3-7-17)18-11-9-16(10-12-18)14-22-13-5-4-8-19(22)21-20-15-22/h1-13,15H,14H2/q+1. The molecule has 0 radical (unpaired) electrons. The zero-order valence-electron chi connectivity index (χ0n) is 13.4. The van der Waals surface area contributed by atoms with E-state index in [0.717, 1.165) is 11.4 Å². The number of sulfone groups is 1. The van der Waals surface area contributed by atoms with E-state index >= 15 is 0 Å². The van der Waals surface area contributed by atoms with Crippen LogP contribution in [-0.4, -0.2) is 25.1 Å². The lowest BCUT2D eigenvalue weighted by atomic mass is 10.1. The molecule has 0 N–H and O–H groups in total. The number of hydrogen-bond acceptors (Lipinski definition) is 4. The fourth-order valence-corrected chi connectivity index (χ4v) is 4.22. The van der Waals surface area contributed by atoms with Crippen LogP contribution in [0.25, 0.3) is 0 Å². The fraction of sp³-hybridized carbons (Fsp3) is 0.0526. The smallest absolute Gasteiger partial charge is 0.219 e. The quantitative estimate of drug-likeness (QED) is 0.795. The van der Waals surface area contributed by atoms with Gasteiger partial charge in [0.15, 0.2) is 0 Å². The first kappa shape index (κ1) is 15.7. The third-order valence-corrected chi connectivity index (χ3v) is 6.07. The van der Waals surface area contributed by atoms with E-state index in [0.29, 0.717) is 20.8 Å². The van der Waals surface area contributed by atoms with E-state index < -0.39 is 9.84 Å².